The number of benzene rings is 2. The number of esters is 2. The van der Waals surface area contributed by atoms with Crippen molar-refractivity contribution >= 4 is 17.6 Å². The number of carbonyl (C=O) groups is 2. The lowest BCUT2D eigenvalue weighted by molar-refractivity contribution is -0.138. The number of nitrogens with one attached hydrogen (secondary N) is 1. The van der Waals surface area contributed by atoms with Crippen LogP contribution in [0.2, 0.25) is 0 Å². The summed E-state index contributed by atoms with van der Waals surface area (Å²) in [7, 11) is 2.50. The molecule has 0 radical (unpaired) electrons. The lowest BCUT2D eigenvalue weighted by atomic mass is 10.0. The highest BCUT2D eigenvalue weighted by molar-refractivity contribution is 5.99. The summed E-state index contributed by atoms with van der Waals surface area (Å²) < 4.78 is 9.30. The molecule has 0 bridgehead atoms. The molecule has 0 fully saturated rings. The normalized spacial score (nSPS) is 10.9. The average molecular weight is 325 g/mol. The first-order valence-electron chi connectivity index (χ1n) is 7.36. The third-order valence-corrected chi connectivity index (χ3v) is 3.39. The molecule has 5 heteroatoms. The highest BCUT2D eigenvalue weighted by Gasteiger charge is 2.15. The van der Waals surface area contributed by atoms with Gasteiger partial charge < -0.3 is 14.8 Å². The van der Waals surface area contributed by atoms with Crippen molar-refractivity contribution < 1.29 is 19.1 Å². The molecule has 0 saturated carbocycles. The maximum absolute atomic E-state index is 11.9. The molecule has 0 aliphatic carbocycles. The molecule has 0 aliphatic rings. The van der Waals surface area contributed by atoms with Gasteiger partial charge in [-0.05, 0) is 18.6 Å². The third-order valence-electron chi connectivity index (χ3n) is 3.39. The molecule has 1 N–H and O–H groups in total. The van der Waals surface area contributed by atoms with Crippen LogP contribution < -0.4 is 5.32 Å². The van der Waals surface area contributed by atoms with E-state index in [1.54, 1.807) is 0 Å². The summed E-state index contributed by atoms with van der Waals surface area (Å²) in [5, 5.41) is 2.97. The highest BCUT2D eigenvalue weighted by Crippen LogP contribution is 2.29. The zero-order valence-electron chi connectivity index (χ0n) is 13.8. The predicted molar refractivity (Wildman–Crippen MR) is 92.4 cm³/mol. The Balaban J connectivity index is 2.43. The van der Waals surface area contributed by atoms with Gasteiger partial charge in [0.05, 0.1) is 20.3 Å². The molecule has 0 spiro atoms. The van der Waals surface area contributed by atoms with Crippen molar-refractivity contribution in [2.45, 2.75) is 6.92 Å². The second-order valence-corrected chi connectivity index (χ2v) is 5.11. The first-order valence-corrected chi connectivity index (χ1v) is 7.36. The molecule has 0 aliphatic heterocycles. The summed E-state index contributed by atoms with van der Waals surface area (Å²) in [5.41, 5.74) is 3.72. The van der Waals surface area contributed by atoms with Crippen LogP contribution in [-0.2, 0) is 19.1 Å². The minimum absolute atomic E-state index is 0.00412. The Bertz CT molecular complexity index is 780. The first-order chi connectivity index (χ1) is 11.5. The quantitative estimate of drug-likeness (QED) is 0.675. The van der Waals surface area contributed by atoms with E-state index in [9.17, 15) is 9.59 Å². The molecular formula is C19H19NO4. The van der Waals surface area contributed by atoms with Crippen LogP contribution in [0.1, 0.15) is 5.56 Å². The lowest BCUT2D eigenvalue weighted by Gasteiger charge is -2.14. The summed E-state index contributed by atoms with van der Waals surface area (Å²) in [5.74, 6) is -1.30. The average Bonchev–Trinajstić information content (AvgIpc) is 2.60. The zero-order chi connectivity index (χ0) is 17.5. The SMILES string of the molecule is COC(=O)/C=C(/Nc1ccccc1-c1cccc(C)c1)C(=O)OC. The van der Waals surface area contributed by atoms with Gasteiger partial charge in [0.1, 0.15) is 5.70 Å². The van der Waals surface area contributed by atoms with Crippen LogP contribution in [0.3, 0.4) is 0 Å². The molecule has 124 valence electrons. The van der Waals surface area contributed by atoms with Crippen molar-refractivity contribution in [1.29, 1.82) is 0 Å². The molecule has 0 heterocycles. The van der Waals surface area contributed by atoms with Gasteiger partial charge in [0, 0.05) is 11.3 Å². The maximum Gasteiger partial charge on any atom is 0.354 e. The molecule has 5 nitrogen and oxygen atoms in total. The van der Waals surface area contributed by atoms with Crippen LogP contribution in [0.15, 0.2) is 60.3 Å². The van der Waals surface area contributed by atoms with Gasteiger partial charge in [-0.3, -0.25) is 0 Å². The minimum atomic E-state index is -0.653. The Labute approximate surface area is 140 Å². The number of hydrogen-bond acceptors (Lipinski definition) is 5. The monoisotopic (exact) mass is 325 g/mol. The van der Waals surface area contributed by atoms with Gasteiger partial charge in [-0.1, -0.05) is 48.0 Å². The van der Waals surface area contributed by atoms with Gasteiger partial charge in [0.25, 0.3) is 0 Å². The Morgan fingerprint density at radius 3 is 2.42 bits per heavy atom. The topological polar surface area (TPSA) is 64.6 Å². The van der Waals surface area contributed by atoms with Gasteiger partial charge in [-0.25, -0.2) is 9.59 Å². The summed E-state index contributed by atoms with van der Waals surface area (Å²) in [6.07, 6.45) is 1.07. The van der Waals surface area contributed by atoms with Crippen LogP contribution in [-0.4, -0.2) is 26.2 Å². The number of hydrogen-bond donors (Lipinski definition) is 1. The number of aryl methyl sites for hydroxylation is 1. The number of anilines is 1. The van der Waals surface area contributed by atoms with E-state index in [4.69, 9.17) is 4.74 Å². The molecule has 0 unspecified atom stereocenters. The van der Waals surface area contributed by atoms with Crippen LogP contribution in [0, 0.1) is 6.92 Å². The smallest absolute Gasteiger partial charge is 0.354 e. The van der Waals surface area contributed by atoms with Crippen molar-refractivity contribution in [3.63, 3.8) is 0 Å². The van der Waals surface area contributed by atoms with Crippen LogP contribution in [0.5, 0.6) is 0 Å². The van der Waals surface area contributed by atoms with E-state index in [2.05, 4.69) is 10.1 Å². The number of methoxy groups -OCH3 is 2. The number of carbonyl (C=O) groups excluding carboxylic acids is 2. The lowest BCUT2D eigenvalue weighted by Crippen LogP contribution is -2.15. The fourth-order valence-electron chi connectivity index (χ4n) is 2.23. The second kappa shape index (κ2) is 7.97. The van der Waals surface area contributed by atoms with Crippen LogP contribution in [0.25, 0.3) is 11.1 Å². The molecule has 0 atom stereocenters. The molecule has 0 aromatic heterocycles. The van der Waals surface area contributed by atoms with Crippen molar-refractivity contribution in [2.75, 3.05) is 19.5 Å². The van der Waals surface area contributed by atoms with E-state index in [1.807, 2.05) is 55.5 Å². The van der Waals surface area contributed by atoms with Gasteiger partial charge in [-0.15, -0.1) is 0 Å². The zero-order valence-corrected chi connectivity index (χ0v) is 13.8. The Kier molecular flexibility index (Phi) is 5.73. The van der Waals surface area contributed by atoms with Gasteiger partial charge >= 0.3 is 11.9 Å². The summed E-state index contributed by atoms with van der Waals surface area (Å²) >= 11 is 0. The Morgan fingerprint density at radius 1 is 1.00 bits per heavy atom. The molecular weight excluding hydrogens is 306 g/mol. The molecule has 2 rings (SSSR count). The molecule has 0 saturated heterocycles. The Hall–Kier alpha value is -3.08. The van der Waals surface area contributed by atoms with E-state index in [0.717, 1.165) is 22.8 Å². The van der Waals surface area contributed by atoms with E-state index in [1.165, 1.54) is 14.2 Å². The van der Waals surface area contributed by atoms with Crippen LogP contribution >= 0.6 is 0 Å². The van der Waals surface area contributed by atoms with Crippen molar-refractivity contribution in [1.82, 2.24) is 0 Å². The number of rotatable bonds is 5. The maximum atomic E-state index is 11.9. The predicted octanol–water partition coefficient (Wildman–Crippen LogP) is 3.30. The summed E-state index contributed by atoms with van der Waals surface area (Å²) in [4.78, 5) is 23.4. The highest BCUT2D eigenvalue weighted by atomic mass is 16.5. The molecule has 24 heavy (non-hydrogen) atoms. The number of para-hydroxylation sites is 1. The fraction of sp³-hybridized carbons (Fsp3) is 0.158. The van der Waals surface area contributed by atoms with E-state index < -0.39 is 11.9 Å². The van der Waals surface area contributed by atoms with E-state index in [0.29, 0.717) is 5.69 Å². The molecule has 2 aromatic carbocycles. The van der Waals surface area contributed by atoms with Crippen molar-refractivity contribution in [3.05, 3.63) is 65.9 Å². The number of ether oxygens (including phenoxy) is 2. The summed E-state index contributed by atoms with van der Waals surface area (Å²) in [6.45, 7) is 2.01. The van der Waals surface area contributed by atoms with Gasteiger partial charge in [0.15, 0.2) is 0 Å². The third kappa shape index (κ3) is 4.23. The van der Waals surface area contributed by atoms with E-state index in [-0.39, 0.29) is 5.70 Å². The largest absolute Gasteiger partial charge is 0.466 e. The van der Waals surface area contributed by atoms with Crippen LogP contribution in [0.4, 0.5) is 5.69 Å². The second-order valence-electron chi connectivity index (χ2n) is 5.11. The minimum Gasteiger partial charge on any atom is -0.466 e. The molecule has 0 amide bonds. The van der Waals surface area contributed by atoms with Crippen molar-refractivity contribution in [3.8, 4) is 11.1 Å². The van der Waals surface area contributed by atoms with Gasteiger partial charge in [0.2, 0.25) is 0 Å². The van der Waals surface area contributed by atoms with Gasteiger partial charge in [-0.2, -0.15) is 0 Å². The van der Waals surface area contributed by atoms with Crippen molar-refractivity contribution in [2.24, 2.45) is 0 Å². The Morgan fingerprint density at radius 2 is 1.75 bits per heavy atom. The first kappa shape index (κ1) is 17.3. The van der Waals surface area contributed by atoms with E-state index >= 15 is 0 Å². The molecule has 2 aromatic rings. The standard InChI is InChI=1S/C19H19NO4/c1-13-7-6-8-14(11-13)15-9-4-5-10-16(15)20-17(19(22)24-3)12-18(21)23-2/h4-12,20H,1-3H3/b17-12+. The summed E-state index contributed by atoms with van der Waals surface area (Å²) in [6, 6.07) is 15.5. The fourth-order valence-corrected chi connectivity index (χ4v) is 2.23.